The van der Waals surface area contributed by atoms with E-state index in [1.807, 2.05) is 37.3 Å². The molecule has 0 bridgehead atoms. The Hall–Kier alpha value is -1.84. The lowest BCUT2D eigenvalue weighted by Crippen LogP contribution is -2.33. The first-order chi connectivity index (χ1) is 11.5. The van der Waals surface area contributed by atoms with Crippen molar-refractivity contribution in [3.05, 3.63) is 64.7 Å². The number of rotatable bonds is 7. The summed E-state index contributed by atoms with van der Waals surface area (Å²) in [7, 11) is 0. The average Bonchev–Trinajstić information content (AvgIpc) is 2.55. The van der Waals surface area contributed by atoms with E-state index in [1.54, 1.807) is 6.07 Å². The number of amides is 1. The van der Waals surface area contributed by atoms with E-state index in [1.165, 1.54) is 5.56 Å². The van der Waals surface area contributed by atoms with E-state index in [4.69, 9.17) is 11.6 Å². The van der Waals surface area contributed by atoms with Crippen LogP contribution in [0.15, 0.2) is 48.5 Å². The van der Waals surface area contributed by atoms with Crippen LogP contribution in [0.25, 0.3) is 0 Å². The Morgan fingerprint density at radius 3 is 2.54 bits per heavy atom. The van der Waals surface area contributed by atoms with Gasteiger partial charge < -0.3 is 5.32 Å². The van der Waals surface area contributed by atoms with E-state index in [-0.39, 0.29) is 5.91 Å². The minimum absolute atomic E-state index is 0.0130. The van der Waals surface area contributed by atoms with Crippen LogP contribution >= 0.6 is 11.6 Å². The van der Waals surface area contributed by atoms with Gasteiger partial charge in [-0.25, -0.2) is 0 Å². The molecule has 0 fully saturated rings. The number of carbonyl (C=O) groups is 1. The summed E-state index contributed by atoms with van der Waals surface area (Å²) in [6.07, 6.45) is 0.455. The summed E-state index contributed by atoms with van der Waals surface area (Å²) in [5.41, 5.74) is 3.06. The van der Waals surface area contributed by atoms with Crippen molar-refractivity contribution in [2.24, 2.45) is 0 Å². The van der Waals surface area contributed by atoms with E-state index in [0.717, 1.165) is 24.3 Å². The molecule has 0 saturated heterocycles. The normalized spacial score (nSPS) is 11.1. The molecule has 0 spiro atoms. The number of hydrogen-bond donors (Lipinski definition) is 1. The van der Waals surface area contributed by atoms with Crippen LogP contribution in [0.1, 0.15) is 31.4 Å². The molecule has 128 valence electrons. The maximum absolute atomic E-state index is 12.3. The van der Waals surface area contributed by atoms with Gasteiger partial charge in [0.1, 0.15) is 0 Å². The third-order valence-corrected chi connectivity index (χ3v) is 4.29. The van der Waals surface area contributed by atoms with E-state index in [0.29, 0.717) is 17.5 Å². The highest BCUT2D eigenvalue weighted by molar-refractivity contribution is 6.31. The number of nitrogens with one attached hydrogen (secondary N) is 1. The molecule has 2 rings (SSSR count). The molecule has 0 saturated carbocycles. The van der Waals surface area contributed by atoms with Crippen LogP contribution in [0.5, 0.6) is 0 Å². The molecule has 0 atom stereocenters. The summed E-state index contributed by atoms with van der Waals surface area (Å²) in [5, 5.41) is 3.59. The first kappa shape index (κ1) is 18.5. The minimum atomic E-state index is 0.0130. The second-order valence-electron chi connectivity index (χ2n) is 6.31. The van der Waals surface area contributed by atoms with Crippen molar-refractivity contribution >= 4 is 23.2 Å². The molecule has 3 nitrogen and oxygen atoms in total. The van der Waals surface area contributed by atoms with Gasteiger partial charge in [0.15, 0.2) is 0 Å². The van der Waals surface area contributed by atoms with Crippen molar-refractivity contribution in [3.8, 4) is 0 Å². The van der Waals surface area contributed by atoms with Crippen molar-refractivity contribution in [1.82, 2.24) is 4.90 Å². The van der Waals surface area contributed by atoms with Gasteiger partial charge in [0.25, 0.3) is 0 Å². The minimum Gasteiger partial charge on any atom is -0.326 e. The lowest BCUT2D eigenvalue weighted by molar-refractivity contribution is -0.116. The van der Waals surface area contributed by atoms with Gasteiger partial charge in [-0.3, -0.25) is 9.69 Å². The molecule has 24 heavy (non-hydrogen) atoms. The summed E-state index contributed by atoms with van der Waals surface area (Å²) in [6.45, 7) is 7.84. The van der Waals surface area contributed by atoms with E-state index >= 15 is 0 Å². The van der Waals surface area contributed by atoms with E-state index < -0.39 is 0 Å². The van der Waals surface area contributed by atoms with Crippen molar-refractivity contribution in [1.29, 1.82) is 0 Å². The Labute approximate surface area is 149 Å². The Morgan fingerprint density at radius 1 is 1.17 bits per heavy atom. The Kier molecular flexibility index (Phi) is 6.83. The summed E-state index contributed by atoms with van der Waals surface area (Å²) in [4.78, 5) is 14.6. The van der Waals surface area contributed by atoms with Crippen LogP contribution in [-0.4, -0.2) is 23.4 Å². The Balaban J connectivity index is 1.91. The predicted octanol–water partition coefficient (Wildman–Crippen LogP) is 4.89. The fourth-order valence-corrected chi connectivity index (χ4v) is 2.70. The number of anilines is 1. The van der Waals surface area contributed by atoms with Gasteiger partial charge >= 0.3 is 0 Å². The molecule has 0 heterocycles. The molecule has 0 unspecified atom stereocenters. The maximum atomic E-state index is 12.3. The second-order valence-corrected chi connectivity index (χ2v) is 6.74. The van der Waals surface area contributed by atoms with Crippen molar-refractivity contribution < 1.29 is 4.79 Å². The highest BCUT2D eigenvalue weighted by atomic mass is 35.5. The molecule has 4 heteroatoms. The van der Waals surface area contributed by atoms with Gasteiger partial charge in [0.05, 0.1) is 0 Å². The standard InChI is InChI=1S/C20H25ClN2O/c1-15(2)23(14-17-7-5-4-6-8-17)12-11-20(24)22-19-13-18(21)10-9-16(19)3/h4-10,13,15H,11-12,14H2,1-3H3,(H,22,24). The molecule has 1 amide bonds. The van der Waals surface area contributed by atoms with Crippen molar-refractivity contribution in [2.75, 3.05) is 11.9 Å². The summed E-state index contributed by atoms with van der Waals surface area (Å²) >= 11 is 6.00. The maximum Gasteiger partial charge on any atom is 0.225 e. The highest BCUT2D eigenvalue weighted by Gasteiger charge is 2.13. The van der Waals surface area contributed by atoms with Crippen LogP contribution < -0.4 is 5.32 Å². The molecular weight excluding hydrogens is 320 g/mol. The van der Waals surface area contributed by atoms with Gasteiger partial charge in [-0.1, -0.05) is 48.0 Å². The van der Waals surface area contributed by atoms with Crippen LogP contribution in [0.4, 0.5) is 5.69 Å². The van der Waals surface area contributed by atoms with Crippen LogP contribution in [0.2, 0.25) is 5.02 Å². The number of aryl methyl sites for hydroxylation is 1. The molecule has 2 aromatic carbocycles. The molecule has 0 radical (unpaired) electrons. The largest absolute Gasteiger partial charge is 0.326 e. The summed E-state index contributed by atoms with van der Waals surface area (Å²) in [6, 6.07) is 16.2. The number of halogens is 1. The third-order valence-electron chi connectivity index (χ3n) is 4.06. The fraction of sp³-hybridized carbons (Fsp3) is 0.350. The first-order valence-electron chi connectivity index (χ1n) is 8.29. The number of carbonyl (C=O) groups excluding carboxylic acids is 1. The van der Waals surface area contributed by atoms with Crippen LogP contribution in [0, 0.1) is 6.92 Å². The average molecular weight is 345 g/mol. The van der Waals surface area contributed by atoms with Gasteiger partial charge in [0.2, 0.25) is 5.91 Å². The summed E-state index contributed by atoms with van der Waals surface area (Å²) in [5.74, 6) is 0.0130. The zero-order valence-corrected chi connectivity index (χ0v) is 15.3. The van der Waals surface area contributed by atoms with Crippen molar-refractivity contribution in [3.63, 3.8) is 0 Å². The molecule has 0 aliphatic heterocycles. The van der Waals surface area contributed by atoms with Crippen molar-refractivity contribution in [2.45, 2.75) is 39.8 Å². The van der Waals surface area contributed by atoms with Gasteiger partial charge in [0, 0.05) is 36.3 Å². The topological polar surface area (TPSA) is 32.3 Å². The molecular formula is C20H25ClN2O. The monoisotopic (exact) mass is 344 g/mol. The Bertz CT molecular complexity index is 671. The summed E-state index contributed by atoms with van der Waals surface area (Å²) < 4.78 is 0. The number of nitrogens with zero attached hydrogens (tertiary/aromatic N) is 1. The quantitative estimate of drug-likeness (QED) is 0.775. The van der Waals surface area contributed by atoms with Gasteiger partial charge in [-0.15, -0.1) is 0 Å². The third kappa shape index (κ3) is 5.66. The number of hydrogen-bond acceptors (Lipinski definition) is 2. The molecule has 0 aliphatic carbocycles. The molecule has 2 aromatic rings. The lowest BCUT2D eigenvalue weighted by atomic mass is 10.1. The van der Waals surface area contributed by atoms with Gasteiger partial charge in [-0.2, -0.15) is 0 Å². The number of benzene rings is 2. The Morgan fingerprint density at radius 2 is 1.88 bits per heavy atom. The zero-order valence-electron chi connectivity index (χ0n) is 14.6. The van der Waals surface area contributed by atoms with E-state index in [9.17, 15) is 4.79 Å². The predicted molar refractivity (Wildman–Crippen MR) is 101 cm³/mol. The molecule has 0 aliphatic rings. The molecule has 0 aromatic heterocycles. The van der Waals surface area contributed by atoms with Crippen LogP contribution in [0.3, 0.4) is 0 Å². The van der Waals surface area contributed by atoms with Gasteiger partial charge in [-0.05, 0) is 44.0 Å². The smallest absolute Gasteiger partial charge is 0.225 e. The second kappa shape index (κ2) is 8.86. The lowest BCUT2D eigenvalue weighted by Gasteiger charge is -2.26. The fourth-order valence-electron chi connectivity index (χ4n) is 2.52. The van der Waals surface area contributed by atoms with E-state index in [2.05, 4.69) is 36.2 Å². The van der Waals surface area contributed by atoms with Crippen LogP contribution in [-0.2, 0) is 11.3 Å². The first-order valence-corrected chi connectivity index (χ1v) is 8.67. The highest BCUT2D eigenvalue weighted by Crippen LogP contribution is 2.20. The SMILES string of the molecule is Cc1ccc(Cl)cc1NC(=O)CCN(Cc1ccccc1)C(C)C. The zero-order chi connectivity index (χ0) is 17.5. The molecule has 1 N–H and O–H groups in total.